The molecule has 148 valence electrons. The van der Waals surface area contributed by atoms with Crippen LogP contribution in [-0.4, -0.2) is 30.9 Å². The minimum atomic E-state index is -0.527. The molecule has 0 spiro atoms. The van der Waals surface area contributed by atoms with Gasteiger partial charge < -0.3 is 15.4 Å². The van der Waals surface area contributed by atoms with E-state index in [4.69, 9.17) is 16.3 Å². The van der Waals surface area contributed by atoms with Crippen LogP contribution in [0.25, 0.3) is 0 Å². The van der Waals surface area contributed by atoms with E-state index < -0.39 is 18.5 Å². The molecule has 2 aromatic rings. The zero-order chi connectivity index (χ0) is 20.5. The topological polar surface area (TPSA) is 84.5 Å². The quantitative estimate of drug-likeness (QED) is 0.662. The number of halogens is 1. The number of carbonyl (C=O) groups excluding carboxylic acids is 3. The Balaban J connectivity index is 1.88. The second kappa shape index (κ2) is 10.5. The van der Waals surface area contributed by atoms with Crippen molar-refractivity contribution in [3.8, 4) is 0 Å². The summed E-state index contributed by atoms with van der Waals surface area (Å²) >= 11 is 5.80. The number of para-hydroxylation sites is 1. The molecule has 2 amide bonds. The van der Waals surface area contributed by atoms with Crippen LogP contribution in [0.1, 0.15) is 29.8 Å². The molecule has 0 aliphatic carbocycles. The molecular formula is C21H23ClN2O4. The number of nitrogens with one attached hydrogen (secondary N) is 2. The number of esters is 1. The van der Waals surface area contributed by atoms with E-state index in [0.717, 1.165) is 5.56 Å². The van der Waals surface area contributed by atoms with Gasteiger partial charge in [0.1, 0.15) is 0 Å². The van der Waals surface area contributed by atoms with Crippen LogP contribution in [0.5, 0.6) is 0 Å². The molecule has 2 N–H and O–H groups in total. The van der Waals surface area contributed by atoms with E-state index in [2.05, 4.69) is 10.6 Å². The summed E-state index contributed by atoms with van der Waals surface area (Å²) in [5.74, 6) is -1.01. The van der Waals surface area contributed by atoms with E-state index in [1.54, 1.807) is 48.5 Å². The molecule has 2 rings (SSSR count). The summed E-state index contributed by atoms with van der Waals surface area (Å²) in [5, 5.41) is 6.00. The Kier molecular flexibility index (Phi) is 8.02. The van der Waals surface area contributed by atoms with Crippen LogP contribution >= 0.6 is 11.6 Å². The van der Waals surface area contributed by atoms with Gasteiger partial charge in [-0.15, -0.1) is 0 Å². The maximum absolute atomic E-state index is 12.3. The van der Waals surface area contributed by atoms with Crippen molar-refractivity contribution in [3.05, 3.63) is 64.7 Å². The highest BCUT2D eigenvalue weighted by molar-refractivity contribution is 6.30. The first-order valence-electron chi connectivity index (χ1n) is 8.92. The fourth-order valence-corrected chi connectivity index (χ4v) is 2.46. The Labute approximate surface area is 169 Å². The monoisotopic (exact) mass is 402 g/mol. The lowest BCUT2D eigenvalue weighted by atomic mass is 10.1. The number of rotatable bonds is 8. The molecule has 0 atom stereocenters. The van der Waals surface area contributed by atoms with Crippen LogP contribution in [0.4, 0.5) is 5.69 Å². The Bertz CT molecular complexity index is 835. The maximum Gasteiger partial charge on any atom is 0.310 e. The summed E-state index contributed by atoms with van der Waals surface area (Å²) in [5.41, 5.74) is 1.45. The average molecular weight is 403 g/mol. The summed E-state index contributed by atoms with van der Waals surface area (Å²) in [6.07, 6.45) is 0.0403. The van der Waals surface area contributed by atoms with Gasteiger partial charge in [-0.3, -0.25) is 14.4 Å². The van der Waals surface area contributed by atoms with Gasteiger partial charge in [0, 0.05) is 11.6 Å². The molecule has 6 nitrogen and oxygen atoms in total. The van der Waals surface area contributed by atoms with Crippen LogP contribution < -0.4 is 10.6 Å². The smallest absolute Gasteiger partial charge is 0.310 e. The van der Waals surface area contributed by atoms with Gasteiger partial charge in [-0.1, -0.05) is 49.7 Å². The molecule has 0 radical (unpaired) electrons. The van der Waals surface area contributed by atoms with Crippen molar-refractivity contribution >= 4 is 35.1 Å². The molecule has 0 saturated carbocycles. The Morgan fingerprint density at radius 3 is 2.39 bits per heavy atom. The van der Waals surface area contributed by atoms with E-state index in [0.29, 0.717) is 28.7 Å². The van der Waals surface area contributed by atoms with Crippen LogP contribution in [0, 0.1) is 5.92 Å². The molecule has 7 heteroatoms. The zero-order valence-corrected chi connectivity index (χ0v) is 16.6. The lowest BCUT2D eigenvalue weighted by Crippen LogP contribution is -2.29. The lowest BCUT2D eigenvalue weighted by molar-refractivity contribution is -0.146. The standard InChI is InChI=1S/C21H23ClN2O4/c1-14(2)12-23-21(27)17-5-3-4-6-18(17)24-19(25)13-28-20(26)11-15-7-9-16(22)10-8-15/h3-10,14H,11-13H2,1-2H3,(H,23,27)(H,24,25). The van der Waals surface area contributed by atoms with E-state index in [1.165, 1.54) is 0 Å². The van der Waals surface area contributed by atoms with Crippen molar-refractivity contribution in [2.45, 2.75) is 20.3 Å². The van der Waals surface area contributed by atoms with Crippen molar-refractivity contribution in [1.29, 1.82) is 0 Å². The van der Waals surface area contributed by atoms with Gasteiger partial charge in [-0.25, -0.2) is 0 Å². The van der Waals surface area contributed by atoms with Crippen LogP contribution in [0.3, 0.4) is 0 Å². The van der Waals surface area contributed by atoms with E-state index >= 15 is 0 Å². The Morgan fingerprint density at radius 2 is 1.71 bits per heavy atom. The fraction of sp³-hybridized carbons (Fsp3) is 0.286. The minimum Gasteiger partial charge on any atom is -0.455 e. The van der Waals surface area contributed by atoms with Gasteiger partial charge in [-0.05, 0) is 35.7 Å². The van der Waals surface area contributed by atoms with Crippen LogP contribution in [-0.2, 0) is 20.7 Å². The van der Waals surface area contributed by atoms with Crippen LogP contribution in [0.15, 0.2) is 48.5 Å². The highest BCUT2D eigenvalue weighted by Crippen LogP contribution is 2.15. The zero-order valence-electron chi connectivity index (χ0n) is 15.8. The number of hydrogen-bond acceptors (Lipinski definition) is 4. The van der Waals surface area contributed by atoms with Gasteiger partial charge in [-0.2, -0.15) is 0 Å². The van der Waals surface area contributed by atoms with Gasteiger partial charge in [0.15, 0.2) is 6.61 Å². The third kappa shape index (κ3) is 7.04. The average Bonchev–Trinajstić information content (AvgIpc) is 2.67. The molecule has 0 fully saturated rings. The molecule has 0 aromatic heterocycles. The van der Waals surface area contributed by atoms with Crippen molar-refractivity contribution in [2.75, 3.05) is 18.5 Å². The highest BCUT2D eigenvalue weighted by Gasteiger charge is 2.14. The predicted molar refractivity (Wildman–Crippen MR) is 108 cm³/mol. The van der Waals surface area contributed by atoms with Gasteiger partial charge in [0.25, 0.3) is 11.8 Å². The van der Waals surface area contributed by atoms with E-state index in [-0.39, 0.29) is 12.3 Å². The highest BCUT2D eigenvalue weighted by atomic mass is 35.5. The molecule has 0 unspecified atom stereocenters. The molecule has 0 saturated heterocycles. The molecular weight excluding hydrogens is 380 g/mol. The number of anilines is 1. The molecule has 2 aromatic carbocycles. The minimum absolute atomic E-state index is 0.0403. The number of hydrogen-bond donors (Lipinski definition) is 2. The van der Waals surface area contributed by atoms with E-state index in [1.807, 2.05) is 13.8 Å². The Morgan fingerprint density at radius 1 is 1.04 bits per heavy atom. The van der Waals surface area contributed by atoms with Crippen molar-refractivity contribution in [3.63, 3.8) is 0 Å². The SMILES string of the molecule is CC(C)CNC(=O)c1ccccc1NC(=O)COC(=O)Cc1ccc(Cl)cc1. The van der Waals surface area contributed by atoms with Crippen LogP contribution in [0.2, 0.25) is 5.02 Å². The third-order valence-corrected chi connectivity index (χ3v) is 3.99. The summed E-state index contributed by atoms with van der Waals surface area (Å²) in [6.45, 7) is 4.08. The van der Waals surface area contributed by atoms with Gasteiger partial charge in [0.05, 0.1) is 17.7 Å². The summed E-state index contributed by atoms with van der Waals surface area (Å²) in [4.78, 5) is 36.3. The maximum atomic E-state index is 12.3. The number of ether oxygens (including phenoxy) is 1. The first kappa shape index (κ1) is 21.4. The molecule has 0 aliphatic rings. The number of benzene rings is 2. The normalized spacial score (nSPS) is 10.4. The largest absolute Gasteiger partial charge is 0.455 e. The molecule has 28 heavy (non-hydrogen) atoms. The number of carbonyl (C=O) groups is 3. The second-order valence-corrected chi connectivity index (χ2v) is 7.10. The predicted octanol–water partition coefficient (Wildman–Crippen LogP) is 3.45. The second-order valence-electron chi connectivity index (χ2n) is 6.66. The van der Waals surface area contributed by atoms with E-state index in [9.17, 15) is 14.4 Å². The van der Waals surface area contributed by atoms with Crippen molar-refractivity contribution in [2.24, 2.45) is 5.92 Å². The Hall–Kier alpha value is -2.86. The van der Waals surface area contributed by atoms with Gasteiger partial charge in [0.2, 0.25) is 0 Å². The first-order valence-corrected chi connectivity index (χ1v) is 9.30. The summed E-state index contributed by atoms with van der Waals surface area (Å²) in [6, 6.07) is 13.5. The molecule has 0 heterocycles. The summed E-state index contributed by atoms with van der Waals surface area (Å²) in [7, 11) is 0. The third-order valence-electron chi connectivity index (χ3n) is 3.74. The number of amides is 2. The van der Waals surface area contributed by atoms with Gasteiger partial charge >= 0.3 is 5.97 Å². The summed E-state index contributed by atoms with van der Waals surface area (Å²) < 4.78 is 5.00. The molecule has 0 aliphatic heterocycles. The first-order chi connectivity index (χ1) is 13.3. The van der Waals surface area contributed by atoms with Crippen molar-refractivity contribution < 1.29 is 19.1 Å². The lowest BCUT2D eigenvalue weighted by Gasteiger charge is -2.12. The fourth-order valence-electron chi connectivity index (χ4n) is 2.33. The van der Waals surface area contributed by atoms with Crippen molar-refractivity contribution in [1.82, 2.24) is 5.32 Å². The molecule has 0 bridgehead atoms.